The molecule has 0 spiro atoms. The number of nitrogens with zero attached hydrogens (tertiary/aromatic N) is 4. The van der Waals surface area contributed by atoms with Crippen molar-refractivity contribution in [2.75, 3.05) is 50.8 Å². The zero-order valence-corrected chi connectivity index (χ0v) is 22.1. The first-order valence-electron chi connectivity index (χ1n) is 12.7. The smallest absolute Gasteiger partial charge is 0.231 e. The summed E-state index contributed by atoms with van der Waals surface area (Å²) < 4.78 is 20.2. The summed E-state index contributed by atoms with van der Waals surface area (Å²) in [7, 11) is 0. The van der Waals surface area contributed by atoms with E-state index in [-0.39, 0.29) is 17.6 Å². The number of carbonyl (C=O) groups excluding carboxylic acids is 1. The van der Waals surface area contributed by atoms with Crippen LogP contribution in [0.2, 0.25) is 0 Å². The molecule has 1 unspecified atom stereocenters. The molecule has 0 bridgehead atoms. The molecule has 3 heterocycles. The highest BCUT2D eigenvalue weighted by atomic mass is 79.9. The molecule has 1 aliphatic carbocycles. The SMILES string of the molecule is CC1C[C@@H](O)c2ncnc(N3CCN(C(=O)[C@H](CNC4CCOCC4)c4ccc(Br)c(F)c4)CC3)c21. The molecule has 1 aromatic carbocycles. The fourth-order valence-electron chi connectivity index (χ4n) is 5.58. The minimum Gasteiger partial charge on any atom is -0.387 e. The third kappa shape index (κ3) is 5.27. The third-order valence-corrected chi connectivity index (χ3v) is 8.29. The van der Waals surface area contributed by atoms with Crippen molar-refractivity contribution in [2.45, 2.75) is 50.2 Å². The van der Waals surface area contributed by atoms with E-state index in [9.17, 15) is 14.3 Å². The Balaban J connectivity index is 1.29. The van der Waals surface area contributed by atoms with Crippen LogP contribution >= 0.6 is 15.9 Å². The average molecular weight is 562 g/mol. The summed E-state index contributed by atoms with van der Waals surface area (Å²) in [5.74, 6) is 0.228. The minimum atomic E-state index is -0.546. The molecule has 1 amide bonds. The number of hydrogen-bond acceptors (Lipinski definition) is 7. The van der Waals surface area contributed by atoms with E-state index in [1.807, 2.05) is 11.0 Å². The number of halogens is 2. The number of carbonyl (C=O) groups is 1. The zero-order chi connectivity index (χ0) is 25.2. The first kappa shape index (κ1) is 25.5. The van der Waals surface area contributed by atoms with E-state index in [1.54, 1.807) is 6.07 Å². The van der Waals surface area contributed by atoms with Gasteiger partial charge in [-0.05, 0) is 58.8 Å². The van der Waals surface area contributed by atoms with Gasteiger partial charge in [0, 0.05) is 57.5 Å². The number of aromatic nitrogens is 2. The van der Waals surface area contributed by atoms with Crippen LogP contribution in [0.1, 0.15) is 60.9 Å². The molecule has 0 saturated carbocycles. The first-order chi connectivity index (χ1) is 17.4. The van der Waals surface area contributed by atoms with E-state index in [1.165, 1.54) is 12.4 Å². The molecule has 194 valence electrons. The maximum atomic E-state index is 14.4. The summed E-state index contributed by atoms with van der Waals surface area (Å²) in [5, 5.41) is 13.9. The quantitative estimate of drug-likeness (QED) is 0.560. The average Bonchev–Trinajstić information content (AvgIpc) is 3.20. The Labute approximate surface area is 219 Å². The number of aliphatic hydroxyl groups is 1. The number of nitrogens with one attached hydrogen (secondary N) is 1. The third-order valence-electron chi connectivity index (χ3n) is 7.65. The van der Waals surface area contributed by atoms with E-state index < -0.39 is 12.0 Å². The second kappa shape index (κ2) is 11.1. The number of rotatable bonds is 6. The van der Waals surface area contributed by atoms with Gasteiger partial charge in [-0.25, -0.2) is 14.4 Å². The lowest BCUT2D eigenvalue weighted by atomic mass is 9.95. The number of anilines is 1. The molecule has 2 fully saturated rings. The Morgan fingerprint density at radius 3 is 2.72 bits per heavy atom. The summed E-state index contributed by atoms with van der Waals surface area (Å²) in [4.78, 5) is 26.7. The molecule has 36 heavy (non-hydrogen) atoms. The largest absolute Gasteiger partial charge is 0.387 e. The minimum absolute atomic E-state index is 0.00707. The molecule has 10 heteroatoms. The summed E-state index contributed by atoms with van der Waals surface area (Å²) in [5.41, 5.74) is 2.43. The molecule has 0 radical (unpaired) electrons. The van der Waals surface area contributed by atoms with Crippen LogP contribution in [0.25, 0.3) is 0 Å². The van der Waals surface area contributed by atoms with Crippen LogP contribution in [0, 0.1) is 5.82 Å². The van der Waals surface area contributed by atoms with Gasteiger partial charge in [0.1, 0.15) is 18.0 Å². The highest BCUT2D eigenvalue weighted by Gasteiger charge is 2.35. The van der Waals surface area contributed by atoms with Crippen LogP contribution in [0.15, 0.2) is 29.0 Å². The molecule has 2 saturated heterocycles. The topological polar surface area (TPSA) is 90.8 Å². The van der Waals surface area contributed by atoms with Gasteiger partial charge >= 0.3 is 0 Å². The number of benzene rings is 1. The van der Waals surface area contributed by atoms with E-state index in [4.69, 9.17) is 4.74 Å². The standard InChI is InChI=1S/C26H33BrFN5O3/c1-16-12-22(34)24-23(16)25(31-15-30-24)32-6-8-33(9-7-32)26(35)19(14-29-18-4-10-36-11-5-18)17-2-3-20(27)21(28)13-17/h2-3,13,15-16,18-19,22,29,34H,4-12,14H2,1H3/t16?,19-,22-/m1/s1. The fraction of sp³-hybridized carbons (Fsp3) is 0.577. The van der Waals surface area contributed by atoms with Crippen LogP contribution in [-0.2, 0) is 9.53 Å². The summed E-state index contributed by atoms with van der Waals surface area (Å²) in [6.45, 7) is 6.39. The lowest BCUT2D eigenvalue weighted by molar-refractivity contribution is -0.133. The molecule has 2 N–H and O–H groups in total. The van der Waals surface area contributed by atoms with Crippen LogP contribution < -0.4 is 10.2 Å². The van der Waals surface area contributed by atoms with Crippen molar-refractivity contribution < 1.29 is 19.0 Å². The van der Waals surface area contributed by atoms with Gasteiger partial charge in [-0.1, -0.05) is 13.0 Å². The number of hydrogen-bond donors (Lipinski definition) is 2. The van der Waals surface area contributed by atoms with Gasteiger partial charge in [0.15, 0.2) is 0 Å². The molecule has 2 aliphatic heterocycles. The molecule has 8 nitrogen and oxygen atoms in total. The highest BCUT2D eigenvalue weighted by Crippen LogP contribution is 2.42. The lowest BCUT2D eigenvalue weighted by Crippen LogP contribution is -2.52. The summed E-state index contributed by atoms with van der Waals surface area (Å²) >= 11 is 3.22. The Hall–Kier alpha value is -2.14. The second-order valence-electron chi connectivity index (χ2n) is 9.98. The number of amides is 1. The zero-order valence-electron chi connectivity index (χ0n) is 20.5. The molecule has 1 aromatic heterocycles. The molecule has 3 atom stereocenters. The van der Waals surface area contributed by atoms with Crippen LogP contribution in [0.4, 0.5) is 10.2 Å². The molecule has 3 aliphatic rings. The summed E-state index contributed by atoms with van der Waals surface area (Å²) in [6.07, 6.45) is 3.45. The molecular weight excluding hydrogens is 529 g/mol. The predicted octanol–water partition coefficient (Wildman–Crippen LogP) is 3.12. The van der Waals surface area contributed by atoms with Gasteiger partial charge < -0.3 is 25.0 Å². The number of ether oxygens (including phenoxy) is 1. The van der Waals surface area contributed by atoms with Crippen LogP contribution in [0.3, 0.4) is 0 Å². The number of aliphatic hydroxyl groups excluding tert-OH is 1. The Morgan fingerprint density at radius 2 is 2.00 bits per heavy atom. The predicted molar refractivity (Wildman–Crippen MR) is 138 cm³/mol. The van der Waals surface area contributed by atoms with Crippen molar-refractivity contribution >= 4 is 27.7 Å². The lowest BCUT2D eigenvalue weighted by Gasteiger charge is -2.38. The van der Waals surface area contributed by atoms with Crippen molar-refractivity contribution in [3.05, 3.63) is 51.6 Å². The van der Waals surface area contributed by atoms with Gasteiger partial charge in [-0.15, -0.1) is 0 Å². The van der Waals surface area contributed by atoms with Crippen molar-refractivity contribution in [1.29, 1.82) is 0 Å². The number of fused-ring (bicyclic) bond motifs is 1. The maximum Gasteiger partial charge on any atom is 0.231 e. The van der Waals surface area contributed by atoms with Crippen molar-refractivity contribution in [1.82, 2.24) is 20.2 Å². The molecular formula is C26H33BrFN5O3. The van der Waals surface area contributed by atoms with Gasteiger partial charge in [-0.3, -0.25) is 4.79 Å². The van der Waals surface area contributed by atoms with E-state index in [0.29, 0.717) is 68.4 Å². The maximum absolute atomic E-state index is 14.4. The van der Waals surface area contributed by atoms with Gasteiger partial charge in [-0.2, -0.15) is 0 Å². The van der Waals surface area contributed by atoms with E-state index >= 15 is 0 Å². The van der Waals surface area contributed by atoms with Gasteiger partial charge in [0.2, 0.25) is 5.91 Å². The Bertz CT molecular complexity index is 1090. The van der Waals surface area contributed by atoms with Gasteiger partial charge in [0.05, 0.1) is 22.2 Å². The van der Waals surface area contributed by atoms with Crippen molar-refractivity contribution in [3.63, 3.8) is 0 Å². The second-order valence-corrected chi connectivity index (χ2v) is 10.8. The fourth-order valence-corrected chi connectivity index (χ4v) is 5.82. The van der Waals surface area contributed by atoms with Crippen molar-refractivity contribution in [3.8, 4) is 0 Å². The normalized spacial score (nSPS) is 23.6. The summed E-state index contributed by atoms with van der Waals surface area (Å²) in [6, 6.07) is 5.26. The van der Waals surface area contributed by atoms with Gasteiger partial charge in [0.25, 0.3) is 0 Å². The Morgan fingerprint density at radius 1 is 1.25 bits per heavy atom. The first-order valence-corrected chi connectivity index (χ1v) is 13.5. The molecule has 5 rings (SSSR count). The monoisotopic (exact) mass is 561 g/mol. The van der Waals surface area contributed by atoms with Crippen LogP contribution in [0.5, 0.6) is 0 Å². The highest BCUT2D eigenvalue weighted by molar-refractivity contribution is 9.10. The van der Waals surface area contributed by atoms with Crippen molar-refractivity contribution in [2.24, 2.45) is 0 Å². The number of piperazine rings is 1. The van der Waals surface area contributed by atoms with Crippen LogP contribution in [-0.4, -0.2) is 77.9 Å². The van der Waals surface area contributed by atoms with E-state index in [2.05, 4.69) is 43.0 Å². The Kier molecular flexibility index (Phi) is 7.85. The molecule has 2 aromatic rings. The van der Waals surface area contributed by atoms with E-state index in [0.717, 1.165) is 29.9 Å².